The van der Waals surface area contributed by atoms with Crippen molar-refractivity contribution in [3.8, 4) is 0 Å². The molecule has 12 heavy (non-hydrogen) atoms. The molecule has 0 saturated heterocycles. The Bertz CT molecular complexity index is 149. The van der Waals surface area contributed by atoms with Gasteiger partial charge in [-0.3, -0.25) is 0 Å². The maximum Gasteiger partial charge on any atom is 1.00 e. The van der Waals surface area contributed by atoms with E-state index in [0.717, 1.165) is 0 Å². The Kier molecular flexibility index (Phi) is 23.6. The summed E-state index contributed by atoms with van der Waals surface area (Å²) in [5, 5.41) is 1.99. The van der Waals surface area contributed by atoms with Gasteiger partial charge in [0.05, 0.1) is 0 Å². The summed E-state index contributed by atoms with van der Waals surface area (Å²) < 4.78 is 11.6. The van der Waals surface area contributed by atoms with Gasteiger partial charge in [-0.15, -0.1) is 0 Å². The van der Waals surface area contributed by atoms with Crippen LogP contribution in [0.15, 0.2) is 23.8 Å². The summed E-state index contributed by atoms with van der Waals surface area (Å²) in [5.74, 6) is 0. The molecular weight excluding hydrogens is 228 g/mol. The third-order valence-corrected chi connectivity index (χ3v) is 1.06. The van der Waals surface area contributed by atoms with Gasteiger partial charge in [0.25, 0.3) is 0 Å². The van der Waals surface area contributed by atoms with Crippen LogP contribution >= 0.6 is 20.2 Å². The summed E-state index contributed by atoms with van der Waals surface area (Å²) in [6.45, 7) is 0. The Hall–Kier alpha value is 1.38. The summed E-state index contributed by atoms with van der Waals surface area (Å²) in [4.78, 5) is 15.7. The van der Waals surface area contributed by atoms with Crippen LogP contribution in [-0.2, 0) is 4.57 Å². The van der Waals surface area contributed by atoms with Gasteiger partial charge in [0.1, 0.15) is 8.25 Å². The molecule has 66 valence electrons. The van der Waals surface area contributed by atoms with Gasteiger partial charge in [-0.25, -0.2) is 0 Å². The van der Waals surface area contributed by atoms with Crippen LogP contribution in [0.5, 0.6) is 0 Å². The number of nitrogens with one attached hydrogen (secondary N) is 1. The molecule has 0 fully saturated rings. The largest absolute Gasteiger partial charge is 1.00 e. The minimum absolute atomic E-state index is 0. The molecule has 0 aliphatic carbocycles. The van der Waals surface area contributed by atoms with Crippen molar-refractivity contribution in [1.82, 2.24) is 4.72 Å². The number of rotatable bonds is 0. The van der Waals surface area contributed by atoms with Gasteiger partial charge < -0.3 is 24.6 Å². The van der Waals surface area contributed by atoms with Crippen LogP contribution in [0.1, 0.15) is 0 Å². The van der Waals surface area contributed by atoms with Crippen molar-refractivity contribution in [2.24, 2.45) is 0 Å². The van der Waals surface area contributed by atoms with Gasteiger partial charge in [-0.1, -0.05) is 6.08 Å². The zero-order valence-electron chi connectivity index (χ0n) is 6.48. The maximum atomic E-state index is 8.63. The zero-order valence-corrected chi connectivity index (χ0v) is 11.4. The van der Waals surface area contributed by atoms with Crippen molar-refractivity contribution < 1.29 is 71.2 Å². The fourth-order valence-corrected chi connectivity index (χ4v) is 0.663. The molecule has 0 aromatic heterocycles. The standard InChI is InChI=1S/C4H5NS.K.H3O3P.H2O/c1-2-4-6-5-3-1;;1-4(2)3;/h1-5H;;4H,(H2,1,2,3);1H2/q;+1;;/p-1. The second kappa shape index (κ2) is 14.9. The number of allylic oxidation sites excluding steroid dienone is 2. The summed E-state index contributed by atoms with van der Waals surface area (Å²) >= 11 is 1.58. The van der Waals surface area contributed by atoms with Gasteiger partial charge in [0.15, 0.2) is 0 Å². The SMILES string of the molecule is C1=CNSC=C1.O.O=[PH]([O-])O.[K+]. The normalized spacial score (nSPS) is 13.8. The molecule has 1 heterocycles. The predicted octanol–water partition coefficient (Wildman–Crippen LogP) is -3.83. The first kappa shape index (κ1) is 19.0. The van der Waals surface area contributed by atoms with Crippen LogP contribution in [0, 0.1) is 0 Å². The number of hydrogen-bond acceptors (Lipinski definition) is 4. The molecule has 1 atom stereocenters. The first-order chi connectivity index (χ1) is 4.73. The average molecular weight is 237 g/mol. The topological polar surface area (TPSA) is 104 Å². The summed E-state index contributed by atoms with van der Waals surface area (Å²) in [6.07, 6.45) is 5.84. The monoisotopic (exact) mass is 237 g/mol. The van der Waals surface area contributed by atoms with E-state index in [1.807, 2.05) is 23.8 Å². The molecule has 8 heteroatoms. The third kappa shape index (κ3) is 22.5. The second-order valence-electron chi connectivity index (χ2n) is 1.19. The molecule has 5 nitrogen and oxygen atoms in total. The molecule has 4 N–H and O–H groups in total. The van der Waals surface area contributed by atoms with E-state index in [1.165, 1.54) is 0 Å². The van der Waals surface area contributed by atoms with Crippen LogP contribution in [-0.4, -0.2) is 10.4 Å². The predicted molar refractivity (Wildman–Crippen MR) is 43.8 cm³/mol. The van der Waals surface area contributed by atoms with Crippen molar-refractivity contribution in [3.05, 3.63) is 23.8 Å². The minimum Gasteiger partial charge on any atom is -0.781 e. The summed E-state index contributed by atoms with van der Waals surface area (Å²) in [6, 6.07) is 0. The van der Waals surface area contributed by atoms with Crippen LogP contribution in [0.25, 0.3) is 0 Å². The van der Waals surface area contributed by atoms with Crippen molar-refractivity contribution in [2.45, 2.75) is 0 Å². The van der Waals surface area contributed by atoms with Gasteiger partial charge in [0.2, 0.25) is 0 Å². The first-order valence-corrected chi connectivity index (χ1v) is 4.50. The molecule has 0 amide bonds. The Morgan fingerprint density at radius 1 is 1.50 bits per heavy atom. The second-order valence-corrected chi connectivity index (χ2v) is 2.46. The van der Waals surface area contributed by atoms with Crippen LogP contribution in [0.2, 0.25) is 0 Å². The third-order valence-electron chi connectivity index (χ3n) is 0.490. The summed E-state index contributed by atoms with van der Waals surface area (Å²) in [7, 11) is -3.38. The quantitative estimate of drug-likeness (QED) is 0.255. The fraction of sp³-hybridized carbons (Fsp3) is 0. The Morgan fingerprint density at radius 3 is 2.08 bits per heavy atom. The Balaban J connectivity index is -0.000000124. The summed E-state index contributed by atoms with van der Waals surface area (Å²) in [5.41, 5.74) is 0. The van der Waals surface area contributed by atoms with Gasteiger partial charge in [-0.05, 0) is 23.4 Å². The molecule has 0 bridgehead atoms. The molecule has 1 unspecified atom stereocenters. The smallest absolute Gasteiger partial charge is 0.781 e. The molecule has 0 aromatic carbocycles. The molecule has 1 rings (SSSR count). The molecular formula is C4H9KNO4PS. The van der Waals surface area contributed by atoms with Gasteiger partial charge in [0, 0.05) is 6.20 Å². The molecule has 0 saturated carbocycles. The van der Waals surface area contributed by atoms with Crippen molar-refractivity contribution >= 4 is 20.2 Å². The Labute approximate surface area is 118 Å². The van der Waals surface area contributed by atoms with E-state index in [4.69, 9.17) is 14.4 Å². The molecule has 1 aliphatic rings. The first-order valence-electron chi connectivity index (χ1n) is 2.36. The van der Waals surface area contributed by atoms with E-state index in [1.54, 1.807) is 11.9 Å². The molecule has 0 aromatic rings. The van der Waals surface area contributed by atoms with Gasteiger partial charge in [-0.2, -0.15) is 0 Å². The van der Waals surface area contributed by atoms with Crippen LogP contribution in [0.3, 0.4) is 0 Å². The van der Waals surface area contributed by atoms with Gasteiger partial charge >= 0.3 is 51.4 Å². The van der Waals surface area contributed by atoms with Crippen LogP contribution < -0.4 is 61.0 Å². The average Bonchev–Trinajstić information content (AvgIpc) is 1.90. The van der Waals surface area contributed by atoms with Crippen LogP contribution in [0.4, 0.5) is 0 Å². The van der Waals surface area contributed by atoms with E-state index in [9.17, 15) is 0 Å². The van der Waals surface area contributed by atoms with E-state index in [0.29, 0.717) is 0 Å². The maximum absolute atomic E-state index is 8.63. The zero-order chi connectivity index (χ0) is 7.82. The fourth-order valence-electron chi connectivity index (χ4n) is 0.258. The Morgan fingerprint density at radius 2 is 2.00 bits per heavy atom. The van der Waals surface area contributed by atoms with E-state index >= 15 is 0 Å². The number of hydrogen-bond donors (Lipinski definition) is 2. The van der Waals surface area contributed by atoms with Crippen molar-refractivity contribution in [1.29, 1.82) is 0 Å². The molecule has 1 aliphatic heterocycles. The minimum atomic E-state index is -3.38. The van der Waals surface area contributed by atoms with Crippen molar-refractivity contribution in [3.63, 3.8) is 0 Å². The molecule has 0 radical (unpaired) electrons. The van der Waals surface area contributed by atoms with Crippen molar-refractivity contribution in [2.75, 3.05) is 0 Å². The van der Waals surface area contributed by atoms with E-state index in [-0.39, 0.29) is 56.9 Å². The van der Waals surface area contributed by atoms with E-state index in [2.05, 4.69) is 4.72 Å². The van der Waals surface area contributed by atoms with E-state index < -0.39 is 8.25 Å². The molecule has 0 spiro atoms.